The third kappa shape index (κ3) is 4.96. The lowest BCUT2D eigenvalue weighted by Crippen LogP contribution is -2.38. The van der Waals surface area contributed by atoms with Crippen LogP contribution in [0.4, 0.5) is 4.79 Å². The minimum absolute atomic E-state index is 0.184. The summed E-state index contributed by atoms with van der Waals surface area (Å²) in [5.74, 6) is -0.339. The number of ether oxygens (including phenoxy) is 2. The fourth-order valence-corrected chi connectivity index (χ4v) is 2.66. The molecule has 1 aliphatic heterocycles. The standard InChI is InChI=1S/C18H26N2O4/c1-18(2,3)24-17(22)20-10-9-14(12-20)19-11-13-7-5-6-8-15(13)16(21)23-4/h5-8,14,19H,9-12H2,1-4H3. The van der Waals surface area contributed by atoms with Gasteiger partial charge >= 0.3 is 12.1 Å². The molecule has 1 N–H and O–H groups in total. The van der Waals surface area contributed by atoms with Gasteiger partial charge < -0.3 is 19.7 Å². The van der Waals surface area contributed by atoms with E-state index in [2.05, 4.69) is 5.32 Å². The molecule has 1 fully saturated rings. The van der Waals surface area contributed by atoms with Crippen molar-refractivity contribution in [1.29, 1.82) is 0 Å². The molecular weight excluding hydrogens is 308 g/mol. The molecule has 6 heteroatoms. The van der Waals surface area contributed by atoms with E-state index in [1.165, 1.54) is 7.11 Å². The second-order valence-electron chi connectivity index (χ2n) is 6.94. The highest BCUT2D eigenvalue weighted by Crippen LogP contribution is 2.16. The van der Waals surface area contributed by atoms with Crippen molar-refractivity contribution in [3.63, 3.8) is 0 Å². The summed E-state index contributed by atoms with van der Waals surface area (Å²) in [4.78, 5) is 25.6. The summed E-state index contributed by atoms with van der Waals surface area (Å²) in [6, 6.07) is 7.55. The summed E-state index contributed by atoms with van der Waals surface area (Å²) in [7, 11) is 1.38. The van der Waals surface area contributed by atoms with Crippen LogP contribution in [0, 0.1) is 0 Å². The van der Waals surface area contributed by atoms with E-state index in [4.69, 9.17) is 9.47 Å². The van der Waals surface area contributed by atoms with E-state index in [1.807, 2.05) is 39.0 Å². The Morgan fingerprint density at radius 2 is 2.00 bits per heavy atom. The number of carbonyl (C=O) groups is 2. The molecule has 0 spiro atoms. The zero-order valence-corrected chi connectivity index (χ0v) is 14.8. The molecule has 0 aliphatic carbocycles. The Bertz CT molecular complexity index is 595. The van der Waals surface area contributed by atoms with E-state index in [1.54, 1.807) is 11.0 Å². The van der Waals surface area contributed by atoms with Gasteiger partial charge in [-0.05, 0) is 38.8 Å². The number of nitrogens with one attached hydrogen (secondary N) is 1. The summed E-state index contributed by atoms with van der Waals surface area (Å²) in [5, 5.41) is 3.41. The Morgan fingerprint density at radius 3 is 2.67 bits per heavy atom. The number of esters is 1. The third-order valence-electron chi connectivity index (χ3n) is 3.84. The van der Waals surface area contributed by atoms with Gasteiger partial charge in [0, 0.05) is 25.7 Å². The number of likely N-dealkylation sites (tertiary alicyclic amines) is 1. The van der Waals surface area contributed by atoms with E-state index in [-0.39, 0.29) is 18.1 Å². The molecule has 1 atom stereocenters. The van der Waals surface area contributed by atoms with Gasteiger partial charge in [0.1, 0.15) is 5.60 Å². The van der Waals surface area contributed by atoms with Crippen LogP contribution in [0.25, 0.3) is 0 Å². The minimum Gasteiger partial charge on any atom is -0.465 e. The van der Waals surface area contributed by atoms with Gasteiger partial charge in [0.2, 0.25) is 0 Å². The Morgan fingerprint density at radius 1 is 1.29 bits per heavy atom. The second-order valence-corrected chi connectivity index (χ2v) is 6.94. The second kappa shape index (κ2) is 7.66. The van der Waals surface area contributed by atoms with E-state index < -0.39 is 5.60 Å². The molecule has 1 saturated heterocycles. The quantitative estimate of drug-likeness (QED) is 0.857. The SMILES string of the molecule is COC(=O)c1ccccc1CNC1CCN(C(=O)OC(C)(C)C)C1. The molecule has 1 aliphatic rings. The highest BCUT2D eigenvalue weighted by Gasteiger charge is 2.29. The van der Waals surface area contributed by atoms with Crippen molar-refractivity contribution < 1.29 is 19.1 Å². The number of hydrogen-bond acceptors (Lipinski definition) is 5. The third-order valence-corrected chi connectivity index (χ3v) is 3.84. The molecule has 1 heterocycles. The van der Waals surface area contributed by atoms with Gasteiger partial charge in [-0.3, -0.25) is 0 Å². The lowest BCUT2D eigenvalue weighted by atomic mass is 10.1. The number of rotatable bonds is 4. The van der Waals surface area contributed by atoms with Gasteiger partial charge in [-0.25, -0.2) is 9.59 Å². The van der Waals surface area contributed by atoms with Crippen molar-refractivity contribution in [2.24, 2.45) is 0 Å². The molecule has 1 aromatic carbocycles. The fourth-order valence-electron chi connectivity index (χ4n) is 2.66. The van der Waals surface area contributed by atoms with Crippen LogP contribution in [-0.4, -0.2) is 48.8 Å². The van der Waals surface area contributed by atoms with Crippen LogP contribution in [0.5, 0.6) is 0 Å². The molecule has 1 unspecified atom stereocenters. The highest BCUT2D eigenvalue weighted by molar-refractivity contribution is 5.90. The van der Waals surface area contributed by atoms with Crippen molar-refractivity contribution >= 4 is 12.1 Å². The van der Waals surface area contributed by atoms with E-state index in [0.29, 0.717) is 25.2 Å². The van der Waals surface area contributed by atoms with E-state index in [0.717, 1.165) is 12.0 Å². The van der Waals surface area contributed by atoms with Crippen molar-refractivity contribution in [2.75, 3.05) is 20.2 Å². The Kier molecular flexibility index (Phi) is 5.83. The average Bonchev–Trinajstić information content (AvgIpc) is 3.00. The first-order valence-electron chi connectivity index (χ1n) is 8.17. The number of amides is 1. The molecular formula is C18H26N2O4. The van der Waals surface area contributed by atoms with Crippen LogP contribution in [0.1, 0.15) is 43.1 Å². The van der Waals surface area contributed by atoms with Crippen molar-refractivity contribution in [3.8, 4) is 0 Å². The Labute approximate surface area is 143 Å². The monoisotopic (exact) mass is 334 g/mol. The zero-order chi connectivity index (χ0) is 17.7. The predicted molar refractivity (Wildman–Crippen MR) is 90.8 cm³/mol. The molecule has 6 nitrogen and oxygen atoms in total. The molecule has 0 bridgehead atoms. The maximum Gasteiger partial charge on any atom is 0.410 e. The van der Waals surface area contributed by atoms with E-state index >= 15 is 0 Å². The highest BCUT2D eigenvalue weighted by atomic mass is 16.6. The summed E-state index contributed by atoms with van der Waals surface area (Å²) in [6.07, 6.45) is 0.585. The molecule has 1 amide bonds. The summed E-state index contributed by atoms with van der Waals surface area (Å²) in [5.41, 5.74) is 0.969. The number of benzene rings is 1. The van der Waals surface area contributed by atoms with Crippen LogP contribution in [0.3, 0.4) is 0 Å². The van der Waals surface area contributed by atoms with Crippen LogP contribution in [0.2, 0.25) is 0 Å². The predicted octanol–water partition coefficient (Wildman–Crippen LogP) is 2.57. The molecule has 0 saturated carbocycles. The molecule has 0 radical (unpaired) electrons. The van der Waals surface area contributed by atoms with Gasteiger partial charge in [0.15, 0.2) is 0 Å². The normalized spacial score (nSPS) is 17.7. The minimum atomic E-state index is -0.484. The lowest BCUT2D eigenvalue weighted by molar-refractivity contribution is 0.0290. The smallest absolute Gasteiger partial charge is 0.410 e. The van der Waals surface area contributed by atoms with Crippen LogP contribution in [-0.2, 0) is 16.0 Å². The number of nitrogens with zero attached hydrogens (tertiary/aromatic N) is 1. The van der Waals surface area contributed by atoms with Crippen molar-refractivity contribution in [1.82, 2.24) is 10.2 Å². The Hall–Kier alpha value is -2.08. The summed E-state index contributed by atoms with van der Waals surface area (Å²) < 4.78 is 10.2. The summed E-state index contributed by atoms with van der Waals surface area (Å²) >= 11 is 0. The number of methoxy groups -OCH3 is 1. The number of hydrogen-bond donors (Lipinski definition) is 1. The first-order valence-corrected chi connectivity index (χ1v) is 8.17. The van der Waals surface area contributed by atoms with Crippen molar-refractivity contribution in [2.45, 2.75) is 45.4 Å². The van der Waals surface area contributed by atoms with Gasteiger partial charge in [-0.2, -0.15) is 0 Å². The summed E-state index contributed by atoms with van der Waals surface area (Å²) in [6.45, 7) is 7.42. The first-order chi connectivity index (χ1) is 11.3. The molecule has 2 rings (SSSR count). The number of carbonyl (C=O) groups excluding carboxylic acids is 2. The average molecular weight is 334 g/mol. The van der Waals surface area contributed by atoms with Gasteiger partial charge in [-0.1, -0.05) is 18.2 Å². The largest absolute Gasteiger partial charge is 0.465 e. The zero-order valence-electron chi connectivity index (χ0n) is 14.8. The molecule has 1 aromatic rings. The Balaban J connectivity index is 1.89. The fraction of sp³-hybridized carbons (Fsp3) is 0.556. The maximum atomic E-state index is 12.1. The van der Waals surface area contributed by atoms with Gasteiger partial charge in [0.25, 0.3) is 0 Å². The first kappa shape index (κ1) is 18.3. The van der Waals surface area contributed by atoms with Crippen LogP contribution in [0.15, 0.2) is 24.3 Å². The van der Waals surface area contributed by atoms with Crippen LogP contribution >= 0.6 is 0 Å². The molecule has 24 heavy (non-hydrogen) atoms. The van der Waals surface area contributed by atoms with Crippen LogP contribution < -0.4 is 5.32 Å². The topological polar surface area (TPSA) is 67.9 Å². The lowest BCUT2D eigenvalue weighted by Gasteiger charge is -2.24. The van der Waals surface area contributed by atoms with E-state index in [9.17, 15) is 9.59 Å². The van der Waals surface area contributed by atoms with Gasteiger partial charge in [-0.15, -0.1) is 0 Å². The van der Waals surface area contributed by atoms with Crippen molar-refractivity contribution in [3.05, 3.63) is 35.4 Å². The molecule has 132 valence electrons. The maximum absolute atomic E-state index is 12.1. The molecule has 0 aromatic heterocycles. The van der Waals surface area contributed by atoms with Gasteiger partial charge in [0.05, 0.1) is 12.7 Å².